The Morgan fingerprint density at radius 3 is 1.76 bits per heavy atom. The van der Waals surface area contributed by atoms with Crippen molar-refractivity contribution in [1.82, 2.24) is 26.6 Å². The number of nitrogens with one attached hydrogen (secondary N) is 7. The summed E-state index contributed by atoms with van der Waals surface area (Å²) < 4.78 is 58.2. The normalized spacial score (nSPS) is 22.2. The van der Waals surface area contributed by atoms with Crippen molar-refractivity contribution in [3.63, 3.8) is 0 Å². The van der Waals surface area contributed by atoms with Gasteiger partial charge in [-0.1, -0.05) is 160 Å². The maximum Gasteiger partial charge on any atom is 0.509 e. The van der Waals surface area contributed by atoms with Crippen LogP contribution in [-0.4, -0.2) is 180 Å². The molecular weight excluding hydrogens is 1570 g/mol. The number of ether oxygens (including phenoxy) is 10. The predicted octanol–water partition coefficient (Wildman–Crippen LogP) is 9.38. The fourth-order valence-corrected chi connectivity index (χ4v) is 15.6. The Kier molecular flexibility index (Phi) is 30.3. The number of unbranched alkanes of at least 4 members (excludes halogenated alkanes) is 1. The van der Waals surface area contributed by atoms with E-state index in [4.69, 9.17) is 47.4 Å². The number of benzene rings is 6. The van der Waals surface area contributed by atoms with Crippen molar-refractivity contribution in [2.45, 2.75) is 172 Å². The third kappa shape index (κ3) is 21.9. The number of carbonyl (C=O) groups excluding carboxylic acids is 13. The van der Waals surface area contributed by atoms with Crippen molar-refractivity contribution in [1.29, 1.82) is 0 Å². The molecule has 0 spiro atoms. The highest BCUT2D eigenvalue weighted by atomic mass is 16.7. The van der Waals surface area contributed by atoms with Crippen LogP contribution < -0.4 is 37.2 Å². The van der Waals surface area contributed by atoms with Crippen LogP contribution in [0.15, 0.2) is 206 Å². The van der Waals surface area contributed by atoms with E-state index in [0.29, 0.717) is 35.2 Å². The van der Waals surface area contributed by atoms with Gasteiger partial charge in [0.05, 0.1) is 29.6 Å². The Hall–Kier alpha value is -13.1. The summed E-state index contributed by atoms with van der Waals surface area (Å²) in [6.45, 7) is 15.3. The number of rotatable bonds is 34. The van der Waals surface area contributed by atoms with Gasteiger partial charge in [-0.05, 0) is 122 Å². The zero-order valence-corrected chi connectivity index (χ0v) is 67.9. The Balaban J connectivity index is 0.838. The molecule has 1 aliphatic heterocycles. The second kappa shape index (κ2) is 40.6. The van der Waals surface area contributed by atoms with Crippen molar-refractivity contribution in [3.8, 4) is 0 Å². The van der Waals surface area contributed by atoms with E-state index >= 15 is 9.59 Å². The van der Waals surface area contributed by atoms with Crippen molar-refractivity contribution >= 4 is 89.1 Å². The van der Waals surface area contributed by atoms with Crippen LogP contribution in [-0.2, 0) is 101 Å². The minimum Gasteiger partial charge on any atom is -0.455 e. The maximum atomic E-state index is 16.0. The highest BCUT2D eigenvalue weighted by Gasteiger charge is 2.78. The van der Waals surface area contributed by atoms with Crippen LogP contribution in [0.25, 0.3) is 0 Å². The van der Waals surface area contributed by atoms with Crippen molar-refractivity contribution in [2.24, 2.45) is 16.7 Å². The molecule has 640 valence electrons. The van der Waals surface area contributed by atoms with Crippen LogP contribution in [0.5, 0.6) is 0 Å². The third-order valence-electron chi connectivity index (χ3n) is 22.0. The number of anilines is 2. The maximum absolute atomic E-state index is 16.0. The molecule has 9 N–H and O–H groups in total. The van der Waals surface area contributed by atoms with Gasteiger partial charge in [0.2, 0.25) is 23.8 Å². The van der Waals surface area contributed by atoms with Gasteiger partial charge < -0.3 is 89.5 Å². The van der Waals surface area contributed by atoms with Crippen LogP contribution in [0.1, 0.15) is 130 Å². The van der Waals surface area contributed by atoms with Gasteiger partial charge in [-0.2, -0.15) is 0 Å². The Labute approximate surface area is 698 Å². The van der Waals surface area contributed by atoms with Crippen molar-refractivity contribution in [2.75, 3.05) is 37.0 Å². The van der Waals surface area contributed by atoms with Crippen LogP contribution >= 0.6 is 0 Å². The average Bonchev–Trinajstić information content (AvgIpc) is 0.667. The number of aliphatic hydroxyl groups excluding tert-OH is 1. The highest BCUT2D eigenvalue weighted by Crippen LogP contribution is 2.64. The van der Waals surface area contributed by atoms with Crippen LogP contribution in [0, 0.1) is 16.7 Å². The predicted molar refractivity (Wildman–Crippen MR) is 434 cm³/mol. The first-order valence-electron chi connectivity index (χ1n) is 39.3. The number of Topliss-reactive ketones (excluding diaryl/α,β-unsaturated/α-hetero) is 1. The van der Waals surface area contributed by atoms with Gasteiger partial charge in [0.25, 0.3) is 5.91 Å². The molecule has 3 fully saturated rings. The van der Waals surface area contributed by atoms with Gasteiger partial charge in [-0.15, -0.1) is 0 Å². The lowest BCUT2D eigenvalue weighted by Gasteiger charge is -2.67. The number of ketones is 1. The standard InChI is InChI=1S/C89H99N7O25/c1-10-44-112-82(107)90-43-25-24-34-64(94-79(104)65(46-56-26-16-12-17-27-56)95-76(101)53(4)91-83(108)113-45-11-2)78(103)92-62-39-35-57(36-40-62)49-114-84(109)93-63-41-37-58(38-42-63)50-115-85(110)119-72(70(59-28-18-13-19-29-59)96-77(102)60-30-20-14-21-31-60)81(106)118-66-48-89(111)75(120-80(105)61-32-22-15-23-33-61)73-87(9,67(99)47-68-88(73,51-116-68)121-55(6)98)74(100)71(117-54(5)97)69(52(66)3)86(89,7)8/h10-23,26-33,35-42,53,64-68,70-73,75,99,111H,1-2,24-25,34,43-51H2,3-9H3,(H,90,107)(H,91,108)(H,92,103)(H,93,109)(H,94,104)(H,95,101)(H,96,102)/t53-,64+,65+,66+,67+,68-,70+,71-,72-,73+,75+,87-,88+,89-/m1/s1. The number of esters is 4. The molecule has 1 heterocycles. The van der Waals surface area contributed by atoms with E-state index in [1.807, 2.05) is 0 Å². The first-order chi connectivity index (χ1) is 57.8. The first kappa shape index (κ1) is 90.3. The van der Waals surface area contributed by atoms with Gasteiger partial charge in [0.15, 0.2) is 17.5 Å². The SMILES string of the molecule is C=CCOC(=O)NCCCC[C@H](NC(=O)[C@H](Cc1ccccc1)NC(=O)[C@@H](C)NC(=O)OCC=C)C(=O)Nc1ccc(COC(=O)Nc2ccc(COC(=O)O[C@@H](C(=O)O[C@H]3C[C@@]4(O)[C@@H](OC(=O)c5ccccc5)[C@@H]5[C@]6(OC(C)=O)CO[C@@H]6C[C@H](O)[C@@]5(C)C(=O)[C@H](OC(C)=O)C(=C3C)C4(C)C)[C@@H](NC(=O)c3ccccc3)c3ccccc3)cc2)cc1. The second-order valence-corrected chi connectivity index (χ2v) is 30.4. The number of carbonyl (C=O) groups is 13. The molecule has 6 aromatic rings. The van der Waals surface area contributed by atoms with Gasteiger partial charge >= 0.3 is 48.3 Å². The van der Waals surface area contributed by atoms with E-state index in [2.05, 4.69) is 50.4 Å². The molecule has 6 aromatic carbocycles. The lowest BCUT2D eigenvalue weighted by Crippen LogP contribution is -2.82. The molecule has 32 heteroatoms. The van der Waals surface area contributed by atoms with Crippen molar-refractivity contribution < 1.29 is 120 Å². The summed E-state index contributed by atoms with van der Waals surface area (Å²) in [6, 6.07) is 39.3. The number of hydrogen-bond donors (Lipinski definition) is 9. The fraction of sp³-hybridized carbons (Fsp3) is 0.382. The van der Waals surface area contributed by atoms with E-state index < -0.39 is 186 Å². The monoisotopic (exact) mass is 1670 g/mol. The fourth-order valence-electron chi connectivity index (χ4n) is 15.6. The quantitative estimate of drug-likeness (QED) is 0.00785. The summed E-state index contributed by atoms with van der Waals surface area (Å²) in [5.74, 6) is -9.66. The Morgan fingerprint density at radius 1 is 0.603 bits per heavy atom. The number of alkyl carbamates (subject to hydrolysis) is 2. The molecule has 2 bridgehead atoms. The second-order valence-electron chi connectivity index (χ2n) is 30.4. The molecule has 3 aliphatic carbocycles. The largest absolute Gasteiger partial charge is 0.509 e. The Morgan fingerprint density at radius 2 is 1.17 bits per heavy atom. The first-order valence-corrected chi connectivity index (χ1v) is 39.3. The molecule has 32 nitrogen and oxygen atoms in total. The Bertz CT molecular complexity index is 4800. The summed E-state index contributed by atoms with van der Waals surface area (Å²) in [5, 5.41) is 45.3. The molecule has 121 heavy (non-hydrogen) atoms. The topological polar surface area (TPSA) is 439 Å². The number of fused-ring (bicyclic) bond motifs is 5. The molecule has 4 aliphatic rings. The summed E-state index contributed by atoms with van der Waals surface area (Å²) in [4.78, 5) is 181. The third-order valence-corrected chi connectivity index (χ3v) is 22.0. The molecule has 0 unspecified atom stereocenters. The van der Waals surface area contributed by atoms with Crippen LogP contribution in [0.2, 0.25) is 0 Å². The zero-order chi connectivity index (χ0) is 87.3. The van der Waals surface area contributed by atoms with E-state index in [0.717, 1.165) is 13.8 Å². The van der Waals surface area contributed by atoms with E-state index in [1.54, 1.807) is 121 Å². The van der Waals surface area contributed by atoms with E-state index in [9.17, 15) is 63.0 Å². The molecule has 0 radical (unpaired) electrons. The minimum absolute atomic E-state index is 0.00247. The van der Waals surface area contributed by atoms with Crippen LogP contribution in [0.4, 0.5) is 30.6 Å². The molecule has 10 rings (SSSR count). The van der Waals surface area contributed by atoms with Gasteiger partial charge in [-0.25, -0.2) is 28.8 Å². The lowest BCUT2D eigenvalue weighted by molar-refractivity contribution is -0.346. The van der Waals surface area contributed by atoms with E-state index in [-0.39, 0.29) is 79.2 Å². The highest BCUT2D eigenvalue weighted by molar-refractivity contribution is 6.00. The summed E-state index contributed by atoms with van der Waals surface area (Å²) in [6.07, 6.45) is -12.0. The number of hydrogen-bond acceptors (Lipinski definition) is 25. The van der Waals surface area contributed by atoms with E-state index in [1.165, 1.54) is 95.3 Å². The van der Waals surface area contributed by atoms with Crippen molar-refractivity contribution in [3.05, 3.63) is 240 Å². The zero-order valence-electron chi connectivity index (χ0n) is 67.9. The summed E-state index contributed by atoms with van der Waals surface area (Å²) in [7, 11) is 0. The smallest absolute Gasteiger partial charge is 0.455 e. The van der Waals surface area contributed by atoms with Gasteiger partial charge in [0.1, 0.15) is 74.5 Å². The molecule has 7 amide bonds. The van der Waals surface area contributed by atoms with Crippen LogP contribution in [0.3, 0.4) is 0 Å². The molecule has 0 aromatic heterocycles. The number of amides is 7. The minimum atomic E-state index is -2.58. The molecule has 2 saturated carbocycles. The average molecular weight is 1670 g/mol. The molecule has 14 atom stereocenters. The lowest BCUT2D eigenvalue weighted by atomic mass is 9.44. The summed E-state index contributed by atoms with van der Waals surface area (Å²) in [5.41, 5.74) is -6.21. The van der Waals surface area contributed by atoms with Gasteiger partial charge in [0, 0.05) is 62.0 Å². The molecular formula is C89H99N7O25. The summed E-state index contributed by atoms with van der Waals surface area (Å²) >= 11 is 0. The molecule has 1 saturated heterocycles. The number of aliphatic hydroxyl groups is 2. The van der Waals surface area contributed by atoms with Gasteiger partial charge in [-0.3, -0.25) is 38.9 Å².